The summed E-state index contributed by atoms with van der Waals surface area (Å²) in [5, 5.41) is 1.97. The van der Waals surface area contributed by atoms with Gasteiger partial charge in [0.1, 0.15) is 5.82 Å². The molecule has 1 heterocycles. The molecule has 0 bridgehead atoms. The summed E-state index contributed by atoms with van der Waals surface area (Å²) in [6, 6.07) is 8.98. The van der Waals surface area contributed by atoms with Crippen LogP contribution in [0, 0.1) is 5.82 Å². The highest BCUT2D eigenvalue weighted by atomic mass is 32.1. The zero-order valence-corrected chi connectivity index (χ0v) is 8.41. The number of hydrogen-bond donors (Lipinski definition) is 1. The Bertz CT molecular complexity index is 407. The first-order chi connectivity index (χ1) is 6.27. The second-order valence-corrected chi connectivity index (χ2v) is 4.07. The molecule has 0 amide bonds. The predicted molar refractivity (Wildman–Crippen MR) is 57.0 cm³/mol. The highest BCUT2D eigenvalue weighted by Gasteiger charge is 2.02. The monoisotopic (exact) mass is 210 g/mol. The van der Waals surface area contributed by atoms with Crippen molar-refractivity contribution in [2.75, 3.05) is 0 Å². The highest BCUT2D eigenvalue weighted by molar-refractivity contribution is 7.80. The van der Waals surface area contributed by atoms with Gasteiger partial charge in [-0.25, -0.2) is 4.39 Å². The van der Waals surface area contributed by atoms with Crippen LogP contribution < -0.4 is 0 Å². The van der Waals surface area contributed by atoms with Gasteiger partial charge in [-0.1, -0.05) is 12.1 Å². The lowest BCUT2D eigenvalue weighted by Crippen LogP contribution is -1.78. The molecule has 66 valence electrons. The van der Waals surface area contributed by atoms with Crippen LogP contribution in [0.1, 0.15) is 0 Å². The molecule has 0 aliphatic carbocycles. The van der Waals surface area contributed by atoms with Gasteiger partial charge in [-0.15, -0.1) is 24.0 Å². The van der Waals surface area contributed by atoms with Gasteiger partial charge in [-0.3, -0.25) is 0 Å². The van der Waals surface area contributed by atoms with Crippen LogP contribution in [0.5, 0.6) is 0 Å². The molecule has 0 nitrogen and oxygen atoms in total. The van der Waals surface area contributed by atoms with Gasteiger partial charge >= 0.3 is 0 Å². The van der Waals surface area contributed by atoms with Crippen LogP contribution in [0.2, 0.25) is 0 Å². The minimum atomic E-state index is -0.269. The largest absolute Gasteiger partial charge is 0.206 e. The van der Waals surface area contributed by atoms with E-state index < -0.39 is 0 Å². The smallest absolute Gasteiger partial charge is 0.137 e. The van der Waals surface area contributed by atoms with E-state index in [-0.39, 0.29) is 5.82 Å². The van der Waals surface area contributed by atoms with Crippen molar-refractivity contribution >= 4 is 24.0 Å². The molecule has 2 rings (SSSR count). The van der Waals surface area contributed by atoms with Crippen LogP contribution in [-0.4, -0.2) is 0 Å². The Kier molecular flexibility index (Phi) is 2.38. The third kappa shape index (κ3) is 1.76. The summed E-state index contributed by atoms with van der Waals surface area (Å²) in [6.07, 6.45) is 0. The van der Waals surface area contributed by atoms with Crippen LogP contribution in [0.4, 0.5) is 4.39 Å². The van der Waals surface area contributed by atoms with Gasteiger partial charge in [0.15, 0.2) is 0 Å². The van der Waals surface area contributed by atoms with E-state index in [1.54, 1.807) is 17.4 Å². The third-order valence-corrected chi connectivity index (χ3v) is 3.03. The van der Waals surface area contributed by atoms with E-state index in [0.29, 0.717) is 4.90 Å². The minimum absolute atomic E-state index is 0.269. The lowest BCUT2D eigenvalue weighted by molar-refractivity contribution is 0.603. The highest BCUT2D eigenvalue weighted by Crippen LogP contribution is 2.26. The minimum Gasteiger partial charge on any atom is -0.206 e. The molecule has 2 aromatic rings. The second-order valence-electron chi connectivity index (χ2n) is 2.64. The van der Waals surface area contributed by atoms with Crippen molar-refractivity contribution in [1.82, 2.24) is 0 Å². The van der Waals surface area contributed by atoms with E-state index in [1.807, 2.05) is 23.6 Å². The summed E-state index contributed by atoms with van der Waals surface area (Å²) in [5.74, 6) is -0.269. The molecule has 0 N–H and O–H groups in total. The average Bonchev–Trinajstić information content (AvgIpc) is 2.62. The average molecular weight is 210 g/mol. The first-order valence-corrected chi connectivity index (χ1v) is 5.12. The van der Waals surface area contributed by atoms with Crippen LogP contribution in [0.25, 0.3) is 10.4 Å². The first-order valence-electron chi connectivity index (χ1n) is 3.80. The third-order valence-electron chi connectivity index (χ3n) is 1.75. The maximum absolute atomic E-state index is 13.1. The van der Waals surface area contributed by atoms with Gasteiger partial charge in [0, 0.05) is 9.77 Å². The molecule has 0 aliphatic rings. The normalized spacial score (nSPS) is 10.3. The Labute approximate surface area is 85.4 Å². The van der Waals surface area contributed by atoms with Crippen molar-refractivity contribution < 1.29 is 4.39 Å². The van der Waals surface area contributed by atoms with Gasteiger partial charge < -0.3 is 0 Å². The summed E-state index contributed by atoms with van der Waals surface area (Å²) in [6.45, 7) is 0. The van der Waals surface area contributed by atoms with E-state index in [1.165, 1.54) is 6.07 Å². The summed E-state index contributed by atoms with van der Waals surface area (Å²) in [7, 11) is 0. The molecule has 1 aromatic carbocycles. The summed E-state index contributed by atoms with van der Waals surface area (Å²) >= 11 is 5.57. The number of hydrogen-bond acceptors (Lipinski definition) is 2. The van der Waals surface area contributed by atoms with Gasteiger partial charge in [-0.05, 0) is 29.1 Å². The quantitative estimate of drug-likeness (QED) is 0.679. The lowest BCUT2D eigenvalue weighted by Gasteiger charge is -1.99. The van der Waals surface area contributed by atoms with E-state index in [9.17, 15) is 4.39 Å². The van der Waals surface area contributed by atoms with Crippen molar-refractivity contribution in [3.63, 3.8) is 0 Å². The Morgan fingerprint density at radius 2 is 2.08 bits per heavy atom. The molecule has 0 saturated heterocycles. The summed E-state index contributed by atoms with van der Waals surface area (Å²) in [5.41, 5.74) is 0.908. The Morgan fingerprint density at radius 1 is 1.23 bits per heavy atom. The van der Waals surface area contributed by atoms with Gasteiger partial charge in [0.25, 0.3) is 0 Å². The van der Waals surface area contributed by atoms with E-state index in [4.69, 9.17) is 0 Å². The molecule has 0 aliphatic heterocycles. The zero-order valence-electron chi connectivity index (χ0n) is 6.70. The second kappa shape index (κ2) is 3.52. The van der Waals surface area contributed by atoms with Gasteiger partial charge in [0.05, 0.1) is 0 Å². The SMILES string of the molecule is Fc1cc(-c2cccs2)ccc1S. The fraction of sp³-hybridized carbons (Fsp3) is 0. The Hall–Kier alpha value is -0.800. The van der Waals surface area contributed by atoms with Crippen LogP contribution >= 0.6 is 24.0 Å². The van der Waals surface area contributed by atoms with Crippen molar-refractivity contribution in [1.29, 1.82) is 0 Å². The topological polar surface area (TPSA) is 0 Å². The van der Waals surface area contributed by atoms with Crippen molar-refractivity contribution in [2.24, 2.45) is 0 Å². The number of thiol groups is 1. The molecule has 3 heteroatoms. The molecule has 0 atom stereocenters. The molecule has 0 unspecified atom stereocenters. The fourth-order valence-corrected chi connectivity index (χ4v) is 1.97. The van der Waals surface area contributed by atoms with Crippen molar-refractivity contribution in [3.8, 4) is 10.4 Å². The van der Waals surface area contributed by atoms with E-state index in [2.05, 4.69) is 12.6 Å². The molecule has 0 spiro atoms. The molecule has 0 radical (unpaired) electrons. The molecular weight excluding hydrogens is 203 g/mol. The van der Waals surface area contributed by atoms with Gasteiger partial charge in [0.2, 0.25) is 0 Å². The molecule has 0 fully saturated rings. The molecular formula is C10H7FS2. The predicted octanol–water partition coefficient (Wildman–Crippen LogP) is 3.84. The molecule has 13 heavy (non-hydrogen) atoms. The fourth-order valence-electron chi connectivity index (χ4n) is 1.10. The van der Waals surface area contributed by atoms with E-state index >= 15 is 0 Å². The summed E-state index contributed by atoms with van der Waals surface area (Å²) < 4.78 is 13.1. The standard InChI is InChI=1S/C10H7FS2/c11-8-6-7(3-4-9(8)12)10-2-1-5-13-10/h1-6,12H. The van der Waals surface area contributed by atoms with Crippen molar-refractivity contribution in [3.05, 3.63) is 41.5 Å². The maximum Gasteiger partial charge on any atom is 0.137 e. The van der Waals surface area contributed by atoms with Crippen molar-refractivity contribution in [2.45, 2.75) is 4.90 Å². The number of thiophene rings is 1. The number of rotatable bonds is 1. The van der Waals surface area contributed by atoms with E-state index in [0.717, 1.165) is 10.4 Å². The van der Waals surface area contributed by atoms with Crippen LogP contribution in [-0.2, 0) is 0 Å². The summed E-state index contributed by atoms with van der Waals surface area (Å²) in [4.78, 5) is 1.47. The van der Waals surface area contributed by atoms with Crippen LogP contribution in [0.3, 0.4) is 0 Å². The molecule has 1 aromatic heterocycles. The first kappa shape index (κ1) is 8.78. The Morgan fingerprint density at radius 3 is 2.69 bits per heavy atom. The lowest BCUT2D eigenvalue weighted by atomic mass is 10.2. The number of benzene rings is 1. The van der Waals surface area contributed by atoms with Gasteiger partial charge in [-0.2, -0.15) is 0 Å². The molecule has 0 saturated carbocycles. The maximum atomic E-state index is 13.1. The Balaban J connectivity index is 2.49. The zero-order chi connectivity index (χ0) is 9.26. The van der Waals surface area contributed by atoms with Crippen LogP contribution in [0.15, 0.2) is 40.6 Å². The number of halogens is 1.